The largest absolute Gasteiger partial charge is 0.379 e. The summed E-state index contributed by atoms with van der Waals surface area (Å²) in [6.07, 6.45) is 0.798. The second-order valence-electron chi connectivity index (χ2n) is 8.12. The van der Waals surface area contributed by atoms with E-state index >= 15 is 0 Å². The zero-order chi connectivity index (χ0) is 23.2. The molecule has 0 aliphatic carbocycles. The lowest BCUT2D eigenvalue weighted by Gasteiger charge is -2.27. The van der Waals surface area contributed by atoms with E-state index in [9.17, 15) is 9.59 Å². The van der Waals surface area contributed by atoms with Crippen LogP contribution in [0.25, 0.3) is 0 Å². The normalized spacial score (nSPS) is 15.8. The number of morpholine rings is 1. The number of nitrogens with zero attached hydrogens (tertiary/aromatic N) is 2. The third-order valence-electron chi connectivity index (χ3n) is 5.96. The molecule has 194 valence electrons. The van der Waals surface area contributed by atoms with Gasteiger partial charge in [-0.15, -0.1) is 36.2 Å². The first-order chi connectivity index (χ1) is 16.0. The van der Waals surface area contributed by atoms with Gasteiger partial charge in [0, 0.05) is 54.9 Å². The number of carbonyl (C=O) groups excluding carboxylic acids is 2. The zero-order valence-corrected chi connectivity index (χ0v) is 22.8. The van der Waals surface area contributed by atoms with Gasteiger partial charge < -0.3 is 15.4 Å². The average molecular weight is 565 g/mol. The van der Waals surface area contributed by atoms with E-state index in [1.54, 1.807) is 24.3 Å². The summed E-state index contributed by atoms with van der Waals surface area (Å²) in [5.41, 5.74) is 2.28. The maximum absolute atomic E-state index is 13.2. The van der Waals surface area contributed by atoms with Gasteiger partial charge >= 0.3 is 6.03 Å². The molecule has 1 fully saturated rings. The number of benzene rings is 1. The van der Waals surface area contributed by atoms with E-state index in [4.69, 9.17) is 16.3 Å². The molecule has 12 heteroatoms. The van der Waals surface area contributed by atoms with Gasteiger partial charge in [-0.3, -0.25) is 19.9 Å². The van der Waals surface area contributed by atoms with Gasteiger partial charge in [0.2, 0.25) is 0 Å². The molecule has 0 bridgehead atoms. The van der Waals surface area contributed by atoms with Crippen LogP contribution in [-0.4, -0.2) is 74.2 Å². The lowest BCUT2D eigenvalue weighted by atomic mass is 10.0. The van der Waals surface area contributed by atoms with Crippen molar-refractivity contribution in [3.05, 3.63) is 45.3 Å². The minimum Gasteiger partial charge on any atom is -0.379 e. The quantitative estimate of drug-likeness (QED) is 0.466. The van der Waals surface area contributed by atoms with Crippen LogP contribution in [0.1, 0.15) is 27.7 Å². The Balaban J connectivity index is 0.00000216. The molecule has 0 atom stereocenters. The van der Waals surface area contributed by atoms with Gasteiger partial charge in [-0.2, -0.15) is 0 Å². The minimum absolute atomic E-state index is 0. The molecule has 4 rings (SSSR count). The van der Waals surface area contributed by atoms with Crippen molar-refractivity contribution in [2.24, 2.45) is 0 Å². The highest BCUT2D eigenvalue weighted by atomic mass is 35.5. The molecule has 1 saturated heterocycles. The Morgan fingerprint density at radius 1 is 1.06 bits per heavy atom. The molecule has 0 spiro atoms. The van der Waals surface area contributed by atoms with Crippen LogP contribution >= 0.6 is 47.8 Å². The Morgan fingerprint density at radius 3 is 2.46 bits per heavy atom. The van der Waals surface area contributed by atoms with Gasteiger partial charge in [0.05, 0.1) is 18.8 Å². The number of anilines is 2. The summed E-state index contributed by atoms with van der Waals surface area (Å²) in [4.78, 5) is 31.7. The molecule has 8 nitrogen and oxygen atoms in total. The molecule has 2 aromatic rings. The fourth-order valence-corrected chi connectivity index (χ4v) is 5.50. The smallest absolute Gasteiger partial charge is 0.324 e. The first-order valence-corrected chi connectivity index (χ1v) is 12.5. The van der Waals surface area contributed by atoms with Crippen molar-refractivity contribution in [2.45, 2.75) is 19.9 Å². The van der Waals surface area contributed by atoms with Crippen LogP contribution < -0.4 is 16.0 Å². The van der Waals surface area contributed by atoms with Crippen LogP contribution in [-0.2, 0) is 17.7 Å². The highest BCUT2D eigenvalue weighted by molar-refractivity contribution is 7.17. The van der Waals surface area contributed by atoms with Crippen LogP contribution in [0.4, 0.5) is 15.5 Å². The van der Waals surface area contributed by atoms with Crippen LogP contribution in [0.3, 0.4) is 0 Å². The molecule has 3 amide bonds. The van der Waals surface area contributed by atoms with Crippen molar-refractivity contribution in [3.8, 4) is 0 Å². The van der Waals surface area contributed by atoms with Crippen molar-refractivity contribution < 1.29 is 14.3 Å². The second-order valence-corrected chi connectivity index (χ2v) is 9.66. The molecule has 35 heavy (non-hydrogen) atoms. The molecular formula is C23H32Cl3N5O3S. The fraction of sp³-hybridized carbons (Fsp3) is 0.478. The number of thiophene rings is 1. The summed E-state index contributed by atoms with van der Waals surface area (Å²) < 4.78 is 5.38. The summed E-state index contributed by atoms with van der Waals surface area (Å²) in [5, 5.41) is 9.98. The van der Waals surface area contributed by atoms with E-state index in [2.05, 4.69) is 32.7 Å². The van der Waals surface area contributed by atoms with Crippen LogP contribution in [0.15, 0.2) is 24.3 Å². The molecular weight excluding hydrogens is 533 g/mol. The van der Waals surface area contributed by atoms with Crippen molar-refractivity contribution in [3.63, 3.8) is 0 Å². The predicted molar refractivity (Wildman–Crippen MR) is 147 cm³/mol. The van der Waals surface area contributed by atoms with Crippen LogP contribution in [0.5, 0.6) is 0 Å². The van der Waals surface area contributed by atoms with Gasteiger partial charge in [0.25, 0.3) is 5.91 Å². The maximum Gasteiger partial charge on any atom is 0.324 e. The molecule has 2 aliphatic heterocycles. The van der Waals surface area contributed by atoms with Crippen LogP contribution in [0, 0.1) is 0 Å². The number of urea groups is 1. The predicted octanol–water partition coefficient (Wildman–Crippen LogP) is 4.33. The topological polar surface area (TPSA) is 85.9 Å². The highest BCUT2D eigenvalue weighted by Crippen LogP contribution is 2.37. The van der Waals surface area contributed by atoms with Crippen molar-refractivity contribution >= 4 is 70.4 Å². The molecule has 3 heterocycles. The number of fused-ring (bicyclic) bond motifs is 1. The Bertz CT molecular complexity index is 984. The minimum atomic E-state index is -0.384. The third kappa shape index (κ3) is 7.95. The Labute approximate surface area is 227 Å². The number of carbonyl (C=O) groups is 2. The molecule has 1 aromatic heterocycles. The molecule has 3 N–H and O–H groups in total. The van der Waals surface area contributed by atoms with E-state index in [0.29, 0.717) is 27.8 Å². The second kappa shape index (κ2) is 14.2. The summed E-state index contributed by atoms with van der Waals surface area (Å²) in [6, 6.07) is 6.52. The first-order valence-electron chi connectivity index (χ1n) is 11.3. The van der Waals surface area contributed by atoms with Gasteiger partial charge in [-0.1, -0.05) is 18.5 Å². The number of likely N-dealkylation sites (N-methyl/N-ethyl adjacent to an activating group) is 1. The number of nitrogens with one attached hydrogen (secondary N) is 3. The molecule has 0 saturated carbocycles. The van der Waals surface area contributed by atoms with Gasteiger partial charge in [-0.25, -0.2) is 4.79 Å². The van der Waals surface area contributed by atoms with E-state index in [1.165, 1.54) is 11.3 Å². The first kappa shape index (κ1) is 29.6. The number of hydrogen-bond donors (Lipinski definition) is 3. The number of rotatable bonds is 7. The molecule has 0 radical (unpaired) electrons. The van der Waals surface area contributed by atoms with E-state index in [-0.39, 0.29) is 36.8 Å². The highest BCUT2D eigenvalue weighted by Gasteiger charge is 2.28. The van der Waals surface area contributed by atoms with Crippen molar-refractivity contribution in [1.82, 2.24) is 15.1 Å². The summed E-state index contributed by atoms with van der Waals surface area (Å²) >= 11 is 7.41. The van der Waals surface area contributed by atoms with Gasteiger partial charge in [0.15, 0.2) is 0 Å². The van der Waals surface area contributed by atoms with Crippen molar-refractivity contribution in [1.29, 1.82) is 0 Å². The fourth-order valence-electron chi connectivity index (χ4n) is 4.09. The van der Waals surface area contributed by atoms with E-state index in [1.807, 2.05) is 0 Å². The Hall–Kier alpha value is -1.59. The average Bonchev–Trinajstić information content (AvgIpc) is 3.17. The monoisotopic (exact) mass is 563 g/mol. The Kier molecular flexibility index (Phi) is 12.0. The zero-order valence-electron chi connectivity index (χ0n) is 19.6. The lowest BCUT2D eigenvalue weighted by molar-refractivity contribution is 0.0383. The van der Waals surface area contributed by atoms with E-state index in [0.717, 1.165) is 69.3 Å². The number of halogens is 3. The SMILES string of the molecule is CCN1CCc2c(sc(NC(=O)Nc3ccc(Cl)cc3)c2C(=O)NCCN2CCOCC2)C1.Cl.Cl. The number of amides is 3. The maximum atomic E-state index is 13.2. The summed E-state index contributed by atoms with van der Waals surface area (Å²) in [6.45, 7) is 9.37. The van der Waals surface area contributed by atoms with Gasteiger partial charge in [-0.05, 0) is 42.8 Å². The van der Waals surface area contributed by atoms with Crippen LogP contribution in [0.2, 0.25) is 5.02 Å². The molecule has 1 aromatic carbocycles. The summed E-state index contributed by atoms with van der Waals surface area (Å²) in [5.74, 6) is -0.132. The summed E-state index contributed by atoms with van der Waals surface area (Å²) in [7, 11) is 0. The number of ether oxygens (including phenoxy) is 1. The van der Waals surface area contributed by atoms with Crippen molar-refractivity contribution in [2.75, 3.05) is 63.1 Å². The molecule has 2 aliphatic rings. The number of hydrogen-bond acceptors (Lipinski definition) is 6. The van der Waals surface area contributed by atoms with E-state index < -0.39 is 0 Å². The molecule has 0 unspecified atom stereocenters. The standard InChI is InChI=1S/C23H30ClN5O3S.2ClH/c1-2-28-9-7-18-19(15-28)33-22(27-23(31)26-17-5-3-16(24)4-6-17)20(18)21(30)25-8-10-29-11-13-32-14-12-29;;/h3-6H,2,7-15H2,1H3,(H,25,30)(H2,26,27,31);2*1H. The Morgan fingerprint density at radius 2 is 1.77 bits per heavy atom. The lowest BCUT2D eigenvalue weighted by Crippen LogP contribution is -2.41. The van der Waals surface area contributed by atoms with Gasteiger partial charge in [0.1, 0.15) is 5.00 Å². The third-order valence-corrected chi connectivity index (χ3v) is 7.34.